The summed E-state index contributed by atoms with van der Waals surface area (Å²) in [6.07, 6.45) is 0.132. The fourth-order valence-corrected chi connectivity index (χ4v) is 2.32. The molecular weight excluding hydrogens is 374 g/mol. The van der Waals surface area contributed by atoms with E-state index in [4.69, 9.17) is 9.47 Å². The summed E-state index contributed by atoms with van der Waals surface area (Å²) >= 11 is 3.33. The topological polar surface area (TPSA) is 64.6 Å². The van der Waals surface area contributed by atoms with Gasteiger partial charge in [-0.1, -0.05) is 46.3 Å². The minimum Gasteiger partial charge on any atom is -0.496 e. The number of methoxy groups -OCH3 is 1. The predicted octanol–water partition coefficient (Wildman–Crippen LogP) is 2.86. The third-order valence-electron chi connectivity index (χ3n) is 3.29. The van der Waals surface area contributed by atoms with E-state index in [0.717, 1.165) is 15.6 Å². The number of halogens is 1. The van der Waals surface area contributed by atoms with Gasteiger partial charge in [-0.05, 0) is 23.8 Å². The van der Waals surface area contributed by atoms with Crippen LogP contribution in [-0.2, 0) is 27.3 Å². The lowest BCUT2D eigenvalue weighted by Gasteiger charge is -2.10. The van der Waals surface area contributed by atoms with Crippen LogP contribution in [0.15, 0.2) is 53.0 Å². The van der Waals surface area contributed by atoms with Crippen molar-refractivity contribution in [2.24, 2.45) is 0 Å². The summed E-state index contributed by atoms with van der Waals surface area (Å²) in [6, 6.07) is 14.8. The number of carbonyl (C=O) groups excluding carboxylic acids is 2. The Morgan fingerprint density at radius 2 is 1.79 bits per heavy atom. The van der Waals surface area contributed by atoms with Crippen molar-refractivity contribution in [3.05, 3.63) is 64.1 Å². The molecule has 0 fully saturated rings. The molecule has 126 valence electrons. The van der Waals surface area contributed by atoms with Crippen LogP contribution in [0.4, 0.5) is 0 Å². The van der Waals surface area contributed by atoms with Crippen LogP contribution in [0, 0.1) is 0 Å². The first-order valence-electron chi connectivity index (χ1n) is 7.37. The highest BCUT2D eigenvalue weighted by atomic mass is 79.9. The second-order valence-corrected chi connectivity index (χ2v) is 5.97. The number of amides is 1. The van der Waals surface area contributed by atoms with E-state index >= 15 is 0 Å². The zero-order valence-electron chi connectivity index (χ0n) is 13.3. The van der Waals surface area contributed by atoms with Gasteiger partial charge in [0.1, 0.15) is 5.75 Å². The standard InChI is InChI=1S/C18H18BrNO4/c1-23-16-5-3-2-4-14(16)11-20-17(21)12-24-18(22)10-13-6-8-15(19)9-7-13/h2-9H,10-12H2,1H3,(H,20,21). The molecule has 0 bridgehead atoms. The SMILES string of the molecule is COc1ccccc1CNC(=O)COC(=O)Cc1ccc(Br)cc1. The maximum absolute atomic E-state index is 11.8. The normalized spacial score (nSPS) is 10.1. The third kappa shape index (κ3) is 5.70. The summed E-state index contributed by atoms with van der Waals surface area (Å²) in [7, 11) is 1.57. The molecule has 1 amide bonds. The first kappa shape index (κ1) is 18.0. The molecule has 0 aliphatic rings. The minimum absolute atomic E-state index is 0.132. The number of hydrogen-bond donors (Lipinski definition) is 1. The fourth-order valence-electron chi connectivity index (χ4n) is 2.06. The Balaban J connectivity index is 1.74. The molecule has 24 heavy (non-hydrogen) atoms. The highest BCUT2D eigenvalue weighted by Crippen LogP contribution is 2.16. The van der Waals surface area contributed by atoms with Gasteiger partial charge in [0, 0.05) is 16.6 Å². The van der Waals surface area contributed by atoms with Crippen LogP contribution in [0.5, 0.6) is 5.75 Å². The van der Waals surface area contributed by atoms with Crippen LogP contribution in [0.25, 0.3) is 0 Å². The van der Waals surface area contributed by atoms with Gasteiger partial charge in [-0.15, -0.1) is 0 Å². The molecule has 0 aliphatic heterocycles. The third-order valence-corrected chi connectivity index (χ3v) is 3.82. The van der Waals surface area contributed by atoms with Crippen molar-refractivity contribution >= 4 is 27.8 Å². The Kier molecular flexibility index (Phi) is 6.81. The van der Waals surface area contributed by atoms with E-state index in [-0.39, 0.29) is 18.9 Å². The molecule has 5 nitrogen and oxygen atoms in total. The number of para-hydroxylation sites is 1. The molecule has 2 rings (SSSR count). The molecule has 0 saturated heterocycles. The van der Waals surface area contributed by atoms with E-state index in [1.54, 1.807) is 7.11 Å². The Bertz CT molecular complexity index is 700. The molecule has 0 atom stereocenters. The average molecular weight is 392 g/mol. The van der Waals surface area contributed by atoms with Gasteiger partial charge in [-0.3, -0.25) is 9.59 Å². The van der Waals surface area contributed by atoms with Crippen LogP contribution in [0.1, 0.15) is 11.1 Å². The molecule has 1 N–H and O–H groups in total. The first-order chi connectivity index (χ1) is 11.6. The molecule has 2 aromatic rings. The lowest BCUT2D eigenvalue weighted by atomic mass is 10.2. The van der Waals surface area contributed by atoms with E-state index in [9.17, 15) is 9.59 Å². The van der Waals surface area contributed by atoms with Crippen molar-refractivity contribution in [1.82, 2.24) is 5.32 Å². The second kappa shape index (κ2) is 9.08. The number of rotatable bonds is 7. The molecule has 0 radical (unpaired) electrons. The molecule has 0 spiro atoms. The van der Waals surface area contributed by atoms with Gasteiger partial charge in [-0.2, -0.15) is 0 Å². The second-order valence-electron chi connectivity index (χ2n) is 5.05. The van der Waals surface area contributed by atoms with Gasteiger partial charge < -0.3 is 14.8 Å². The number of hydrogen-bond acceptors (Lipinski definition) is 4. The summed E-state index contributed by atoms with van der Waals surface area (Å²) < 4.78 is 11.1. The largest absolute Gasteiger partial charge is 0.496 e. The van der Waals surface area contributed by atoms with Crippen molar-refractivity contribution in [3.63, 3.8) is 0 Å². The van der Waals surface area contributed by atoms with Crippen LogP contribution in [0.2, 0.25) is 0 Å². The van der Waals surface area contributed by atoms with Crippen molar-refractivity contribution in [2.75, 3.05) is 13.7 Å². The van der Waals surface area contributed by atoms with Gasteiger partial charge in [0.2, 0.25) is 0 Å². The van der Waals surface area contributed by atoms with Crippen molar-refractivity contribution in [1.29, 1.82) is 0 Å². The Morgan fingerprint density at radius 3 is 2.50 bits per heavy atom. The number of benzene rings is 2. The van der Waals surface area contributed by atoms with E-state index < -0.39 is 5.97 Å². The summed E-state index contributed by atoms with van der Waals surface area (Å²) in [5, 5.41) is 2.70. The molecule has 2 aromatic carbocycles. The highest BCUT2D eigenvalue weighted by Gasteiger charge is 2.09. The number of carbonyl (C=O) groups is 2. The van der Waals surface area contributed by atoms with Crippen molar-refractivity contribution < 1.29 is 19.1 Å². The lowest BCUT2D eigenvalue weighted by molar-refractivity contribution is -0.147. The first-order valence-corrected chi connectivity index (χ1v) is 8.16. The molecule has 6 heteroatoms. The van der Waals surface area contributed by atoms with Crippen molar-refractivity contribution in [3.8, 4) is 5.75 Å². The van der Waals surface area contributed by atoms with Gasteiger partial charge in [0.25, 0.3) is 5.91 Å². The van der Waals surface area contributed by atoms with Crippen LogP contribution < -0.4 is 10.1 Å². The Hall–Kier alpha value is -2.34. The zero-order valence-corrected chi connectivity index (χ0v) is 14.8. The maximum Gasteiger partial charge on any atom is 0.310 e. The molecule has 0 aliphatic carbocycles. The number of esters is 1. The highest BCUT2D eigenvalue weighted by molar-refractivity contribution is 9.10. The molecule has 0 saturated carbocycles. The predicted molar refractivity (Wildman–Crippen MR) is 93.6 cm³/mol. The van der Waals surface area contributed by atoms with Gasteiger partial charge in [-0.25, -0.2) is 0 Å². The molecule has 0 aromatic heterocycles. The number of ether oxygens (including phenoxy) is 2. The maximum atomic E-state index is 11.8. The monoisotopic (exact) mass is 391 g/mol. The van der Waals surface area contributed by atoms with Crippen LogP contribution >= 0.6 is 15.9 Å². The smallest absolute Gasteiger partial charge is 0.310 e. The molecule has 0 unspecified atom stereocenters. The molecular formula is C18H18BrNO4. The quantitative estimate of drug-likeness (QED) is 0.737. The number of nitrogens with one attached hydrogen (secondary N) is 1. The summed E-state index contributed by atoms with van der Waals surface area (Å²) in [5.74, 6) is -0.0974. The fraction of sp³-hybridized carbons (Fsp3) is 0.222. The minimum atomic E-state index is -0.440. The summed E-state index contributed by atoms with van der Waals surface area (Å²) in [4.78, 5) is 23.5. The summed E-state index contributed by atoms with van der Waals surface area (Å²) in [5.41, 5.74) is 1.69. The Labute approximate surface area is 149 Å². The van der Waals surface area contributed by atoms with Crippen LogP contribution in [-0.4, -0.2) is 25.6 Å². The summed E-state index contributed by atoms with van der Waals surface area (Å²) in [6.45, 7) is 0.0115. The van der Waals surface area contributed by atoms with Gasteiger partial charge in [0.15, 0.2) is 6.61 Å². The van der Waals surface area contributed by atoms with Crippen molar-refractivity contribution in [2.45, 2.75) is 13.0 Å². The van der Waals surface area contributed by atoms with E-state index in [2.05, 4.69) is 21.2 Å². The van der Waals surface area contributed by atoms with E-state index in [0.29, 0.717) is 12.3 Å². The zero-order chi connectivity index (χ0) is 17.4. The average Bonchev–Trinajstić information content (AvgIpc) is 2.60. The lowest BCUT2D eigenvalue weighted by Crippen LogP contribution is -2.28. The van der Waals surface area contributed by atoms with Gasteiger partial charge in [0.05, 0.1) is 13.5 Å². The van der Waals surface area contributed by atoms with E-state index in [1.165, 1.54) is 0 Å². The van der Waals surface area contributed by atoms with Crippen LogP contribution in [0.3, 0.4) is 0 Å². The Morgan fingerprint density at radius 1 is 1.08 bits per heavy atom. The molecule has 0 heterocycles. The van der Waals surface area contributed by atoms with Gasteiger partial charge >= 0.3 is 5.97 Å². The van der Waals surface area contributed by atoms with E-state index in [1.807, 2.05) is 48.5 Å².